The van der Waals surface area contributed by atoms with Gasteiger partial charge in [-0.25, -0.2) is 0 Å². The fourth-order valence-corrected chi connectivity index (χ4v) is 1.49. The molecule has 0 radical (unpaired) electrons. The number of likely N-dealkylation sites (N-methyl/N-ethyl adjacent to an activating group) is 1. The highest BCUT2D eigenvalue weighted by Gasteiger charge is 2.07. The summed E-state index contributed by atoms with van der Waals surface area (Å²) in [4.78, 5) is 2.19. The fraction of sp³-hybridized carbons (Fsp3) is 0.455. The van der Waals surface area contributed by atoms with E-state index in [2.05, 4.69) is 18.5 Å². The number of hydrogen-bond donors (Lipinski definition) is 1. The Bertz CT molecular complexity index is 304. The quantitative estimate of drug-likeness (QED) is 0.726. The molecular weight excluding hydrogens is 176 g/mol. The SMILES string of the molecule is C=C(C)CN(C)Cc1ccoc1CN. The topological polar surface area (TPSA) is 42.4 Å². The fourth-order valence-electron chi connectivity index (χ4n) is 1.49. The van der Waals surface area contributed by atoms with Crippen molar-refractivity contribution in [2.45, 2.75) is 20.0 Å². The summed E-state index contributed by atoms with van der Waals surface area (Å²) in [6.07, 6.45) is 1.69. The van der Waals surface area contributed by atoms with E-state index in [1.807, 2.05) is 13.0 Å². The van der Waals surface area contributed by atoms with Gasteiger partial charge in [0.05, 0.1) is 12.8 Å². The van der Waals surface area contributed by atoms with Gasteiger partial charge in [0.25, 0.3) is 0 Å². The maximum absolute atomic E-state index is 5.54. The summed E-state index contributed by atoms with van der Waals surface area (Å²) in [5, 5.41) is 0. The van der Waals surface area contributed by atoms with E-state index in [9.17, 15) is 0 Å². The van der Waals surface area contributed by atoms with Crippen LogP contribution in [0.3, 0.4) is 0 Å². The van der Waals surface area contributed by atoms with Gasteiger partial charge in [-0.1, -0.05) is 12.2 Å². The van der Waals surface area contributed by atoms with Crippen molar-refractivity contribution in [3.05, 3.63) is 35.8 Å². The maximum Gasteiger partial charge on any atom is 0.121 e. The van der Waals surface area contributed by atoms with Gasteiger partial charge in [0.2, 0.25) is 0 Å². The van der Waals surface area contributed by atoms with Gasteiger partial charge in [-0.15, -0.1) is 0 Å². The Morgan fingerprint density at radius 3 is 2.93 bits per heavy atom. The van der Waals surface area contributed by atoms with E-state index >= 15 is 0 Å². The summed E-state index contributed by atoms with van der Waals surface area (Å²) in [7, 11) is 2.06. The predicted molar refractivity (Wildman–Crippen MR) is 57.7 cm³/mol. The van der Waals surface area contributed by atoms with Crippen molar-refractivity contribution >= 4 is 0 Å². The minimum Gasteiger partial charge on any atom is -0.468 e. The van der Waals surface area contributed by atoms with Gasteiger partial charge in [-0.2, -0.15) is 0 Å². The number of nitrogens with two attached hydrogens (primary N) is 1. The molecule has 1 aromatic rings. The van der Waals surface area contributed by atoms with Crippen LogP contribution in [0.1, 0.15) is 18.2 Å². The van der Waals surface area contributed by atoms with Crippen molar-refractivity contribution in [3.8, 4) is 0 Å². The Hall–Kier alpha value is -1.06. The van der Waals surface area contributed by atoms with E-state index in [-0.39, 0.29) is 0 Å². The third-order valence-electron chi connectivity index (χ3n) is 2.00. The van der Waals surface area contributed by atoms with Crippen LogP contribution in [0, 0.1) is 0 Å². The zero-order chi connectivity index (χ0) is 10.6. The lowest BCUT2D eigenvalue weighted by Gasteiger charge is -2.15. The highest BCUT2D eigenvalue weighted by molar-refractivity contribution is 5.16. The lowest BCUT2D eigenvalue weighted by Crippen LogP contribution is -2.20. The highest BCUT2D eigenvalue weighted by atomic mass is 16.3. The van der Waals surface area contributed by atoms with Gasteiger partial charge < -0.3 is 10.2 Å². The Kier molecular flexibility index (Phi) is 3.92. The van der Waals surface area contributed by atoms with Crippen molar-refractivity contribution in [1.82, 2.24) is 4.90 Å². The molecule has 78 valence electrons. The van der Waals surface area contributed by atoms with Crippen LogP contribution in [0.4, 0.5) is 0 Å². The molecule has 2 N–H and O–H groups in total. The molecule has 0 spiro atoms. The van der Waals surface area contributed by atoms with E-state index in [1.54, 1.807) is 6.26 Å². The highest BCUT2D eigenvalue weighted by Crippen LogP contribution is 2.12. The molecule has 3 heteroatoms. The van der Waals surface area contributed by atoms with E-state index in [1.165, 1.54) is 0 Å². The first kappa shape index (κ1) is 11.0. The zero-order valence-electron chi connectivity index (χ0n) is 8.92. The van der Waals surface area contributed by atoms with Crippen LogP contribution >= 0.6 is 0 Å². The smallest absolute Gasteiger partial charge is 0.121 e. The molecule has 0 saturated heterocycles. The summed E-state index contributed by atoms with van der Waals surface area (Å²) >= 11 is 0. The maximum atomic E-state index is 5.54. The molecule has 0 saturated carbocycles. The molecule has 0 fully saturated rings. The molecule has 0 unspecified atom stereocenters. The van der Waals surface area contributed by atoms with Crippen molar-refractivity contribution in [2.24, 2.45) is 5.73 Å². The van der Waals surface area contributed by atoms with Gasteiger partial charge in [0.1, 0.15) is 5.76 Å². The van der Waals surface area contributed by atoms with Gasteiger partial charge in [0, 0.05) is 18.7 Å². The van der Waals surface area contributed by atoms with Crippen molar-refractivity contribution in [2.75, 3.05) is 13.6 Å². The van der Waals surface area contributed by atoms with E-state index in [4.69, 9.17) is 10.2 Å². The molecule has 0 atom stereocenters. The molecule has 0 amide bonds. The average molecular weight is 194 g/mol. The molecule has 14 heavy (non-hydrogen) atoms. The predicted octanol–water partition coefficient (Wildman–Crippen LogP) is 1.75. The molecule has 0 bridgehead atoms. The number of rotatable bonds is 5. The Morgan fingerprint density at radius 2 is 2.36 bits per heavy atom. The normalized spacial score (nSPS) is 10.9. The first-order chi connectivity index (χ1) is 6.63. The summed E-state index contributed by atoms with van der Waals surface area (Å²) in [5.74, 6) is 0.874. The molecule has 3 nitrogen and oxygen atoms in total. The molecule has 0 aromatic carbocycles. The standard InChI is InChI=1S/C11H18N2O/c1-9(2)7-13(3)8-10-4-5-14-11(10)6-12/h4-5H,1,6-8,12H2,2-3H3. The second-order valence-corrected chi connectivity index (χ2v) is 3.70. The Labute approximate surface area is 85.2 Å². The van der Waals surface area contributed by atoms with Gasteiger partial charge in [-0.3, -0.25) is 4.90 Å². The minimum atomic E-state index is 0.462. The summed E-state index contributed by atoms with van der Waals surface area (Å²) in [5.41, 5.74) is 7.86. The van der Waals surface area contributed by atoms with Crippen molar-refractivity contribution in [3.63, 3.8) is 0 Å². The second-order valence-electron chi connectivity index (χ2n) is 3.70. The van der Waals surface area contributed by atoms with Crippen LogP contribution < -0.4 is 5.73 Å². The second kappa shape index (κ2) is 4.98. The molecule has 1 rings (SSSR count). The van der Waals surface area contributed by atoms with E-state index in [0.717, 1.165) is 30.0 Å². The Balaban J connectivity index is 2.55. The lowest BCUT2D eigenvalue weighted by atomic mass is 10.2. The molecule has 1 heterocycles. The largest absolute Gasteiger partial charge is 0.468 e. The van der Waals surface area contributed by atoms with Gasteiger partial charge in [0.15, 0.2) is 0 Å². The van der Waals surface area contributed by atoms with Crippen molar-refractivity contribution < 1.29 is 4.42 Å². The van der Waals surface area contributed by atoms with E-state index in [0.29, 0.717) is 6.54 Å². The van der Waals surface area contributed by atoms with Crippen molar-refractivity contribution in [1.29, 1.82) is 0 Å². The lowest BCUT2D eigenvalue weighted by molar-refractivity contribution is 0.350. The summed E-state index contributed by atoms with van der Waals surface area (Å²) in [6, 6.07) is 1.97. The molecule has 0 aliphatic rings. The first-order valence-electron chi connectivity index (χ1n) is 4.71. The van der Waals surface area contributed by atoms with Gasteiger partial charge in [-0.05, 0) is 20.0 Å². The van der Waals surface area contributed by atoms with Crippen LogP contribution in [0.15, 0.2) is 28.9 Å². The van der Waals surface area contributed by atoms with Crippen LogP contribution in [-0.4, -0.2) is 18.5 Å². The molecule has 1 aromatic heterocycles. The minimum absolute atomic E-state index is 0.462. The number of nitrogens with zero attached hydrogens (tertiary/aromatic N) is 1. The van der Waals surface area contributed by atoms with Crippen LogP contribution in [0.5, 0.6) is 0 Å². The number of hydrogen-bond acceptors (Lipinski definition) is 3. The van der Waals surface area contributed by atoms with Crippen LogP contribution in [-0.2, 0) is 13.1 Å². The van der Waals surface area contributed by atoms with Gasteiger partial charge >= 0.3 is 0 Å². The monoisotopic (exact) mass is 194 g/mol. The van der Waals surface area contributed by atoms with E-state index < -0.39 is 0 Å². The molecule has 0 aliphatic heterocycles. The third-order valence-corrected chi connectivity index (χ3v) is 2.00. The summed E-state index contributed by atoms with van der Waals surface area (Å²) < 4.78 is 5.25. The first-order valence-corrected chi connectivity index (χ1v) is 4.71. The number of furan rings is 1. The Morgan fingerprint density at radius 1 is 1.64 bits per heavy atom. The summed E-state index contributed by atoms with van der Waals surface area (Å²) in [6.45, 7) is 8.12. The third kappa shape index (κ3) is 3.01. The average Bonchev–Trinajstić information content (AvgIpc) is 2.50. The van der Waals surface area contributed by atoms with Crippen LogP contribution in [0.25, 0.3) is 0 Å². The molecule has 0 aliphatic carbocycles. The van der Waals surface area contributed by atoms with Crippen LogP contribution in [0.2, 0.25) is 0 Å². The molecular formula is C11H18N2O. The zero-order valence-corrected chi connectivity index (χ0v) is 8.92.